The number of tetrazole rings is 1. The molecule has 0 amide bonds. The molecule has 0 fully saturated rings. The number of aromatic nitrogens is 4. The van der Waals surface area contributed by atoms with Gasteiger partial charge in [0.05, 0.1) is 12.2 Å². The molecule has 0 unspecified atom stereocenters. The van der Waals surface area contributed by atoms with E-state index in [1.54, 1.807) is 4.68 Å². The molecule has 3 rings (SSSR count). The highest BCUT2D eigenvalue weighted by Crippen LogP contribution is 2.37. The highest BCUT2D eigenvalue weighted by atomic mass is 79.9. The highest BCUT2D eigenvalue weighted by Gasteiger charge is 2.22. The Morgan fingerprint density at radius 3 is 2.93 bits per heavy atom. The zero-order valence-electron chi connectivity index (χ0n) is 7.41. The molecule has 0 atom stereocenters. The minimum atomic E-state index is 0.634. The smallest absolute Gasteiger partial charge is 0.175 e. The van der Waals surface area contributed by atoms with Gasteiger partial charge in [-0.05, 0) is 54.4 Å². The van der Waals surface area contributed by atoms with E-state index in [9.17, 15) is 0 Å². The van der Waals surface area contributed by atoms with Gasteiger partial charge in [-0.3, -0.25) is 0 Å². The second-order valence-electron chi connectivity index (χ2n) is 3.11. The Labute approximate surface area is 102 Å². The van der Waals surface area contributed by atoms with Crippen molar-refractivity contribution in [2.75, 3.05) is 5.32 Å². The molecule has 15 heavy (non-hydrogen) atoms. The normalized spacial score (nSPS) is 12.9. The fourth-order valence-corrected chi connectivity index (χ4v) is 2.53. The Kier molecular flexibility index (Phi) is 2.03. The molecule has 0 saturated carbocycles. The van der Waals surface area contributed by atoms with Crippen LogP contribution in [0.15, 0.2) is 21.1 Å². The Balaban J connectivity index is 2.36. The Morgan fingerprint density at radius 2 is 2.07 bits per heavy atom. The van der Waals surface area contributed by atoms with Gasteiger partial charge in [-0.15, -0.1) is 5.10 Å². The van der Waals surface area contributed by atoms with Crippen LogP contribution in [0.3, 0.4) is 0 Å². The molecule has 1 aromatic carbocycles. The first-order valence-electron chi connectivity index (χ1n) is 4.27. The van der Waals surface area contributed by atoms with Gasteiger partial charge in [0.1, 0.15) is 5.69 Å². The summed E-state index contributed by atoms with van der Waals surface area (Å²) in [4.78, 5) is 0. The van der Waals surface area contributed by atoms with Gasteiger partial charge in [0.2, 0.25) is 0 Å². The molecule has 2 heterocycles. The first-order valence-corrected chi connectivity index (χ1v) is 5.85. The third-order valence-corrected chi connectivity index (χ3v) is 3.55. The molecule has 1 N–H and O–H groups in total. The van der Waals surface area contributed by atoms with E-state index in [-0.39, 0.29) is 0 Å². The topological polar surface area (TPSA) is 55.6 Å². The summed E-state index contributed by atoms with van der Waals surface area (Å²) in [6, 6.07) is 3.94. The fourth-order valence-electron chi connectivity index (χ4n) is 1.57. The van der Waals surface area contributed by atoms with E-state index in [0.717, 1.165) is 26.1 Å². The summed E-state index contributed by atoms with van der Waals surface area (Å²) in [5.74, 6) is 0.807. The SMILES string of the molecule is Brc1ccc(Br)c2c1NCc1nnnn1-2. The van der Waals surface area contributed by atoms with E-state index in [4.69, 9.17) is 0 Å². The monoisotopic (exact) mass is 329 g/mol. The van der Waals surface area contributed by atoms with Crippen LogP contribution < -0.4 is 5.32 Å². The molecular formula is C8H5Br2N5. The van der Waals surface area contributed by atoms with Crippen molar-refractivity contribution in [3.63, 3.8) is 0 Å². The zero-order valence-corrected chi connectivity index (χ0v) is 10.6. The number of rotatable bonds is 0. The van der Waals surface area contributed by atoms with Crippen LogP contribution in [-0.2, 0) is 6.54 Å². The van der Waals surface area contributed by atoms with Crippen molar-refractivity contribution < 1.29 is 0 Å². The van der Waals surface area contributed by atoms with E-state index in [2.05, 4.69) is 52.7 Å². The van der Waals surface area contributed by atoms with E-state index >= 15 is 0 Å². The molecule has 0 spiro atoms. The van der Waals surface area contributed by atoms with Crippen LogP contribution in [0.5, 0.6) is 0 Å². The number of nitrogens with one attached hydrogen (secondary N) is 1. The standard InChI is InChI=1S/C8H5Br2N5/c9-4-1-2-5(10)8-7(4)11-3-6-12-13-14-15(6)8/h1-2,11H,3H2. The molecule has 1 aromatic heterocycles. The summed E-state index contributed by atoms with van der Waals surface area (Å²) in [7, 11) is 0. The number of hydrogen-bond donors (Lipinski definition) is 1. The van der Waals surface area contributed by atoms with Crippen molar-refractivity contribution in [2.45, 2.75) is 6.54 Å². The van der Waals surface area contributed by atoms with Gasteiger partial charge in [0, 0.05) is 8.95 Å². The molecule has 0 aliphatic carbocycles. The summed E-state index contributed by atoms with van der Waals surface area (Å²) in [6.07, 6.45) is 0. The largest absolute Gasteiger partial charge is 0.375 e. The zero-order chi connectivity index (χ0) is 10.4. The number of benzene rings is 1. The Bertz CT molecular complexity index is 536. The Hall–Kier alpha value is -0.950. The average Bonchev–Trinajstić information content (AvgIpc) is 2.70. The summed E-state index contributed by atoms with van der Waals surface area (Å²) in [6.45, 7) is 0.634. The van der Waals surface area contributed by atoms with E-state index in [0.29, 0.717) is 6.54 Å². The highest BCUT2D eigenvalue weighted by molar-refractivity contribution is 9.11. The Morgan fingerprint density at radius 1 is 1.27 bits per heavy atom. The van der Waals surface area contributed by atoms with Crippen LogP contribution in [0.4, 0.5) is 5.69 Å². The maximum Gasteiger partial charge on any atom is 0.175 e. The molecule has 0 radical (unpaired) electrons. The van der Waals surface area contributed by atoms with Crippen molar-refractivity contribution >= 4 is 37.5 Å². The summed E-state index contributed by atoms with van der Waals surface area (Å²) >= 11 is 6.98. The predicted molar refractivity (Wildman–Crippen MR) is 61.9 cm³/mol. The fraction of sp³-hybridized carbons (Fsp3) is 0.125. The van der Waals surface area contributed by atoms with Crippen LogP contribution in [0.1, 0.15) is 5.82 Å². The number of fused-ring (bicyclic) bond motifs is 3. The molecule has 76 valence electrons. The quantitative estimate of drug-likeness (QED) is 0.803. The number of halogens is 2. The van der Waals surface area contributed by atoms with Crippen molar-refractivity contribution in [2.24, 2.45) is 0 Å². The molecule has 0 bridgehead atoms. The summed E-state index contributed by atoms with van der Waals surface area (Å²) < 4.78 is 3.70. The minimum Gasteiger partial charge on any atom is -0.375 e. The first-order chi connectivity index (χ1) is 7.27. The van der Waals surface area contributed by atoms with E-state index in [1.807, 2.05) is 12.1 Å². The van der Waals surface area contributed by atoms with Gasteiger partial charge in [-0.25, -0.2) is 0 Å². The lowest BCUT2D eigenvalue weighted by molar-refractivity contribution is 0.751. The molecular weight excluding hydrogens is 326 g/mol. The second kappa shape index (κ2) is 3.28. The molecule has 1 aliphatic rings. The lowest BCUT2D eigenvalue weighted by atomic mass is 10.2. The first kappa shape index (κ1) is 9.29. The van der Waals surface area contributed by atoms with Crippen molar-refractivity contribution in [3.8, 4) is 5.69 Å². The minimum absolute atomic E-state index is 0.634. The maximum absolute atomic E-state index is 3.96. The predicted octanol–water partition coefficient (Wildman–Crippen LogP) is 2.11. The molecule has 7 heteroatoms. The lowest BCUT2D eigenvalue weighted by Crippen LogP contribution is -2.17. The average molecular weight is 331 g/mol. The summed E-state index contributed by atoms with van der Waals surface area (Å²) in [5.41, 5.74) is 1.94. The second-order valence-corrected chi connectivity index (χ2v) is 4.82. The molecule has 1 aliphatic heterocycles. The van der Waals surface area contributed by atoms with Gasteiger partial charge < -0.3 is 5.32 Å². The van der Waals surface area contributed by atoms with E-state index < -0.39 is 0 Å². The van der Waals surface area contributed by atoms with Gasteiger partial charge in [0.15, 0.2) is 5.82 Å². The third-order valence-electron chi connectivity index (χ3n) is 2.25. The van der Waals surface area contributed by atoms with Crippen LogP contribution in [0.2, 0.25) is 0 Å². The summed E-state index contributed by atoms with van der Waals surface area (Å²) in [5, 5.41) is 14.8. The van der Waals surface area contributed by atoms with Crippen LogP contribution in [-0.4, -0.2) is 20.2 Å². The lowest BCUT2D eigenvalue weighted by Gasteiger charge is -2.20. The van der Waals surface area contributed by atoms with Gasteiger partial charge in [-0.2, -0.15) is 4.68 Å². The van der Waals surface area contributed by atoms with Gasteiger partial charge >= 0.3 is 0 Å². The van der Waals surface area contributed by atoms with Crippen LogP contribution in [0, 0.1) is 0 Å². The van der Waals surface area contributed by atoms with Crippen molar-refractivity contribution in [1.29, 1.82) is 0 Å². The number of hydrogen-bond acceptors (Lipinski definition) is 4. The van der Waals surface area contributed by atoms with Gasteiger partial charge in [-0.1, -0.05) is 0 Å². The maximum atomic E-state index is 3.96. The van der Waals surface area contributed by atoms with Crippen molar-refractivity contribution in [3.05, 3.63) is 26.9 Å². The van der Waals surface area contributed by atoms with Gasteiger partial charge in [0.25, 0.3) is 0 Å². The molecule has 5 nitrogen and oxygen atoms in total. The number of nitrogens with zero attached hydrogens (tertiary/aromatic N) is 4. The van der Waals surface area contributed by atoms with Crippen LogP contribution in [0.25, 0.3) is 5.69 Å². The van der Waals surface area contributed by atoms with Crippen LogP contribution >= 0.6 is 31.9 Å². The number of anilines is 1. The molecule has 0 saturated heterocycles. The van der Waals surface area contributed by atoms with E-state index in [1.165, 1.54) is 0 Å². The third kappa shape index (κ3) is 1.30. The molecule has 2 aromatic rings. The van der Waals surface area contributed by atoms with Crippen molar-refractivity contribution in [1.82, 2.24) is 20.2 Å².